The van der Waals surface area contributed by atoms with Gasteiger partial charge in [-0.2, -0.15) is 0 Å². The van der Waals surface area contributed by atoms with Crippen molar-refractivity contribution in [1.29, 1.82) is 0 Å². The van der Waals surface area contributed by atoms with E-state index in [4.69, 9.17) is 0 Å². The molecular formula is C15H28N2O2. The molecule has 0 aromatic rings. The van der Waals surface area contributed by atoms with Gasteiger partial charge < -0.3 is 10.0 Å². The summed E-state index contributed by atoms with van der Waals surface area (Å²) in [5, 5.41) is 9.61. The van der Waals surface area contributed by atoms with Crippen LogP contribution in [0.1, 0.15) is 52.4 Å². The van der Waals surface area contributed by atoms with Gasteiger partial charge in [0.2, 0.25) is 5.91 Å². The predicted octanol–water partition coefficient (Wildman–Crippen LogP) is 1.62. The minimum absolute atomic E-state index is 0.0842. The number of nitrogens with zero attached hydrogens (tertiary/aromatic N) is 2. The minimum atomic E-state index is -0.250. The third-order valence-corrected chi connectivity index (χ3v) is 4.74. The van der Waals surface area contributed by atoms with Crippen molar-refractivity contribution in [2.75, 3.05) is 19.6 Å². The van der Waals surface area contributed by atoms with Crippen LogP contribution in [0.3, 0.4) is 0 Å². The normalized spacial score (nSPS) is 27.4. The molecule has 110 valence electrons. The lowest BCUT2D eigenvalue weighted by molar-refractivity contribution is -0.139. The van der Waals surface area contributed by atoms with Crippen LogP contribution in [0.25, 0.3) is 0 Å². The van der Waals surface area contributed by atoms with Crippen molar-refractivity contribution in [1.82, 2.24) is 9.80 Å². The first kappa shape index (κ1) is 14.8. The van der Waals surface area contributed by atoms with Crippen molar-refractivity contribution in [2.45, 2.75) is 70.6 Å². The van der Waals surface area contributed by atoms with E-state index >= 15 is 0 Å². The van der Waals surface area contributed by atoms with E-state index in [-0.39, 0.29) is 18.1 Å². The molecule has 0 bridgehead atoms. The lowest BCUT2D eigenvalue weighted by atomic mass is 9.93. The van der Waals surface area contributed by atoms with E-state index in [9.17, 15) is 9.90 Å². The lowest BCUT2D eigenvalue weighted by Gasteiger charge is -2.37. The number of β-amino-alcohol motifs (C(OH)–C–C–N with tert-alkyl or cyclic N) is 1. The van der Waals surface area contributed by atoms with Gasteiger partial charge in [-0.1, -0.05) is 19.3 Å². The molecule has 0 spiro atoms. The first-order valence-corrected chi connectivity index (χ1v) is 7.86. The molecule has 1 N–H and O–H groups in total. The van der Waals surface area contributed by atoms with Gasteiger partial charge in [0.25, 0.3) is 0 Å². The number of likely N-dealkylation sites (tertiary alicyclic amines) is 1. The fraction of sp³-hybridized carbons (Fsp3) is 0.933. The molecule has 2 rings (SSSR count). The fourth-order valence-electron chi connectivity index (χ4n) is 3.50. The third kappa shape index (κ3) is 3.48. The van der Waals surface area contributed by atoms with Crippen LogP contribution in [-0.4, -0.2) is 58.6 Å². The monoisotopic (exact) mass is 268 g/mol. The highest BCUT2D eigenvalue weighted by Gasteiger charge is 2.33. The number of aliphatic hydroxyl groups excluding tert-OH is 1. The Morgan fingerprint density at radius 3 is 2.53 bits per heavy atom. The number of hydrogen-bond acceptors (Lipinski definition) is 3. The average molecular weight is 268 g/mol. The zero-order valence-corrected chi connectivity index (χ0v) is 12.3. The maximum Gasteiger partial charge on any atom is 0.239 e. The summed E-state index contributed by atoms with van der Waals surface area (Å²) in [7, 11) is 0. The van der Waals surface area contributed by atoms with Crippen molar-refractivity contribution >= 4 is 5.91 Å². The summed E-state index contributed by atoms with van der Waals surface area (Å²) in [4.78, 5) is 16.9. The number of carbonyl (C=O) groups excluding carboxylic acids is 1. The lowest BCUT2D eigenvalue weighted by Crippen LogP contribution is -2.50. The summed E-state index contributed by atoms with van der Waals surface area (Å²) in [5.41, 5.74) is 0. The smallest absolute Gasteiger partial charge is 0.239 e. The number of likely N-dealkylation sites (N-methyl/N-ethyl adjacent to an activating group) is 1. The summed E-state index contributed by atoms with van der Waals surface area (Å²) < 4.78 is 0. The van der Waals surface area contributed by atoms with Gasteiger partial charge in [-0.25, -0.2) is 0 Å². The Labute approximate surface area is 116 Å². The average Bonchev–Trinajstić information content (AvgIpc) is 2.86. The Bertz CT molecular complexity index is 303. The quantitative estimate of drug-likeness (QED) is 0.842. The first-order chi connectivity index (χ1) is 9.13. The van der Waals surface area contributed by atoms with Crippen molar-refractivity contribution in [3.05, 3.63) is 0 Å². The molecule has 0 aromatic heterocycles. The Morgan fingerprint density at radius 2 is 2.00 bits per heavy atom. The van der Waals surface area contributed by atoms with Gasteiger partial charge in [-0.3, -0.25) is 9.69 Å². The molecule has 1 heterocycles. The molecular weight excluding hydrogens is 240 g/mol. The van der Waals surface area contributed by atoms with Crippen LogP contribution in [0.4, 0.5) is 0 Å². The van der Waals surface area contributed by atoms with E-state index in [1.165, 1.54) is 19.3 Å². The molecule has 2 atom stereocenters. The van der Waals surface area contributed by atoms with E-state index in [0.717, 1.165) is 32.4 Å². The second kappa shape index (κ2) is 6.71. The molecule has 1 saturated carbocycles. The van der Waals surface area contributed by atoms with E-state index in [1.54, 1.807) is 0 Å². The maximum absolute atomic E-state index is 12.7. The van der Waals surface area contributed by atoms with Crippen LogP contribution in [0, 0.1) is 0 Å². The van der Waals surface area contributed by atoms with Gasteiger partial charge in [0.15, 0.2) is 0 Å². The van der Waals surface area contributed by atoms with Crippen LogP contribution < -0.4 is 0 Å². The van der Waals surface area contributed by atoms with E-state index in [2.05, 4.69) is 16.7 Å². The van der Waals surface area contributed by atoms with Crippen LogP contribution in [0.2, 0.25) is 0 Å². The van der Waals surface area contributed by atoms with Crippen molar-refractivity contribution in [3.63, 3.8) is 0 Å². The molecule has 1 amide bonds. The summed E-state index contributed by atoms with van der Waals surface area (Å²) in [6, 6.07) is 0.361. The van der Waals surface area contributed by atoms with Crippen LogP contribution >= 0.6 is 0 Å². The molecule has 4 nitrogen and oxygen atoms in total. The van der Waals surface area contributed by atoms with E-state index in [1.807, 2.05) is 6.92 Å². The molecule has 2 aliphatic rings. The number of aliphatic hydroxyl groups is 1. The van der Waals surface area contributed by atoms with Crippen molar-refractivity contribution in [3.8, 4) is 0 Å². The third-order valence-electron chi connectivity index (χ3n) is 4.74. The van der Waals surface area contributed by atoms with Gasteiger partial charge in [0.05, 0.1) is 12.1 Å². The summed E-state index contributed by atoms with van der Waals surface area (Å²) in [6.45, 7) is 6.37. The van der Waals surface area contributed by atoms with Crippen molar-refractivity contribution in [2.24, 2.45) is 0 Å². The van der Waals surface area contributed by atoms with Gasteiger partial charge in [-0.05, 0) is 33.1 Å². The topological polar surface area (TPSA) is 43.8 Å². The van der Waals surface area contributed by atoms with Crippen LogP contribution in [0.15, 0.2) is 0 Å². The molecule has 1 aliphatic heterocycles. The summed E-state index contributed by atoms with van der Waals surface area (Å²) in [5.74, 6) is 0.253. The molecule has 0 aromatic carbocycles. The fourth-order valence-corrected chi connectivity index (χ4v) is 3.50. The van der Waals surface area contributed by atoms with Crippen molar-refractivity contribution < 1.29 is 9.90 Å². The van der Waals surface area contributed by atoms with Gasteiger partial charge in [-0.15, -0.1) is 0 Å². The standard InChI is InChI=1S/C15H28N2O2/c1-3-17(13-7-5-4-6-8-13)15(19)12(2)16-10-9-14(18)11-16/h12-14,18H,3-11H2,1-2H3/t12?,14-/m1/s1. The first-order valence-electron chi connectivity index (χ1n) is 7.86. The van der Waals surface area contributed by atoms with Crippen LogP contribution in [-0.2, 0) is 4.79 Å². The van der Waals surface area contributed by atoms with Gasteiger partial charge in [0, 0.05) is 25.7 Å². The summed E-state index contributed by atoms with van der Waals surface area (Å²) in [6.07, 6.45) is 6.70. The Hall–Kier alpha value is -0.610. The number of carbonyl (C=O) groups is 1. The molecule has 1 saturated heterocycles. The predicted molar refractivity (Wildman–Crippen MR) is 75.9 cm³/mol. The van der Waals surface area contributed by atoms with Crippen LogP contribution in [0.5, 0.6) is 0 Å². The largest absolute Gasteiger partial charge is 0.392 e. The molecule has 1 unspecified atom stereocenters. The SMILES string of the molecule is CCN(C(=O)C(C)N1CC[C@@H](O)C1)C1CCCCC1. The molecule has 1 aliphatic carbocycles. The Kier molecular flexibility index (Phi) is 5.22. The molecule has 19 heavy (non-hydrogen) atoms. The number of hydrogen-bond donors (Lipinski definition) is 1. The Balaban J connectivity index is 1.95. The highest BCUT2D eigenvalue weighted by Crippen LogP contribution is 2.24. The minimum Gasteiger partial charge on any atom is -0.392 e. The van der Waals surface area contributed by atoms with Gasteiger partial charge in [0.1, 0.15) is 0 Å². The van der Waals surface area contributed by atoms with E-state index in [0.29, 0.717) is 12.6 Å². The number of rotatable bonds is 4. The van der Waals surface area contributed by atoms with E-state index < -0.39 is 0 Å². The summed E-state index contributed by atoms with van der Waals surface area (Å²) >= 11 is 0. The van der Waals surface area contributed by atoms with Gasteiger partial charge >= 0.3 is 0 Å². The maximum atomic E-state index is 12.7. The highest BCUT2D eigenvalue weighted by molar-refractivity contribution is 5.81. The number of amides is 1. The molecule has 0 radical (unpaired) electrons. The highest BCUT2D eigenvalue weighted by atomic mass is 16.3. The second-order valence-corrected chi connectivity index (χ2v) is 6.03. The second-order valence-electron chi connectivity index (χ2n) is 6.03. The molecule has 2 fully saturated rings. The molecule has 4 heteroatoms. The Morgan fingerprint density at radius 1 is 1.32 bits per heavy atom. The zero-order chi connectivity index (χ0) is 13.8. The zero-order valence-electron chi connectivity index (χ0n) is 12.3.